The van der Waals surface area contributed by atoms with Crippen molar-refractivity contribution in [3.8, 4) is 0 Å². The van der Waals surface area contributed by atoms with Crippen LogP contribution in [-0.4, -0.2) is 37.9 Å². The number of benzene rings is 2. The number of hydrogen-bond acceptors (Lipinski definition) is 5. The largest absolute Gasteiger partial charge is 0.448 e. The van der Waals surface area contributed by atoms with Crippen LogP contribution in [0.1, 0.15) is 23.0 Å². The van der Waals surface area contributed by atoms with Crippen molar-refractivity contribution in [2.45, 2.75) is 24.3 Å². The molecule has 3 aromatic rings. The Kier molecular flexibility index (Phi) is 6.00. The third-order valence-electron chi connectivity index (χ3n) is 4.37. The van der Waals surface area contributed by atoms with E-state index in [1.807, 2.05) is 24.3 Å². The van der Waals surface area contributed by atoms with E-state index in [0.717, 1.165) is 16.5 Å². The van der Waals surface area contributed by atoms with Gasteiger partial charge in [-0.25, -0.2) is 18.4 Å². The van der Waals surface area contributed by atoms with Crippen molar-refractivity contribution < 1.29 is 22.7 Å². The molecule has 0 radical (unpaired) electrons. The maximum Gasteiger partial charge on any atom is 0.355 e. The first kappa shape index (κ1) is 20.6. The summed E-state index contributed by atoms with van der Waals surface area (Å²) in [5.74, 6) is -1.03. The molecule has 1 amide bonds. The summed E-state index contributed by atoms with van der Waals surface area (Å²) in [4.78, 5) is 27.4. The lowest BCUT2D eigenvalue weighted by Gasteiger charge is -2.13. The lowest BCUT2D eigenvalue weighted by atomic mass is 10.1. The molecule has 0 spiro atoms. The molecule has 0 saturated heterocycles. The normalized spacial score (nSPS) is 12.5. The van der Waals surface area contributed by atoms with Crippen molar-refractivity contribution >= 4 is 32.8 Å². The molecule has 0 fully saturated rings. The fourth-order valence-electron chi connectivity index (χ4n) is 2.78. The predicted molar refractivity (Wildman–Crippen MR) is 108 cm³/mol. The maximum absolute atomic E-state index is 12.2. The zero-order valence-corrected chi connectivity index (χ0v) is 16.5. The molecule has 0 saturated carbocycles. The lowest BCUT2D eigenvalue weighted by molar-refractivity contribution is -0.129. The van der Waals surface area contributed by atoms with Crippen LogP contribution in [0.2, 0.25) is 0 Å². The third-order valence-corrected chi connectivity index (χ3v) is 5.30. The first-order valence-electron chi connectivity index (χ1n) is 8.92. The number of primary sulfonamides is 1. The Balaban J connectivity index is 1.49. The fourth-order valence-corrected chi connectivity index (χ4v) is 3.30. The van der Waals surface area contributed by atoms with Gasteiger partial charge in [-0.15, -0.1) is 0 Å². The molecular formula is C20H21N3O5S. The molecule has 4 N–H and O–H groups in total. The quantitative estimate of drug-likeness (QED) is 0.506. The van der Waals surface area contributed by atoms with Gasteiger partial charge in [-0.3, -0.25) is 4.79 Å². The Hall–Kier alpha value is -3.17. The van der Waals surface area contributed by atoms with Crippen LogP contribution < -0.4 is 10.5 Å². The molecule has 1 aromatic heterocycles. The second-order valence-corrected chi connectivity index (χ2v) is 8.11. The van der Waals surface area contributed by atoms with Gasteiger partial charge < -0.3 is 15.0 Å². The summed E-state index contributed by atoms with van der Waals surface area (Å²) in [5.41, 5.74) is 1.92. The molecule has 0 aliphatic rings. The average Bonchev–Trinajstić information content (AvgIpc) is 3.12. The number of rotatable bonds is 7. The number of nitrogens with two attached hydrogens (primary N) is 1. The van der Waals surface area contributed by atoms with Crippen LogP contribution >= 0.6 is 0 Å². The van der Waals surface area contributed by atoms with Gasteiger partial charge in [-0.05, 0) is 43.2 Å². The fraction of sp³-hybridized carbons (Fsp3) is 0.200. The summed E-state index contributed by atoms with van der Waals surface area (Å²) in [6.07, 6.45) is -0.474. The highest BCUT2D eigenvalue weighted by molar-refractivity contribution is 7.89. The van der Waals surface area contributed by atoms with E-state index < -0.39 is 28.0 Å². The van der Waals surface area contributed by atoms with E-state index in [9.17, 15) is 18.0 Å². The Morgan fingerprint density at radius 3 is 2.48 bits per heavy atom. The number of H-pyrrole nitrogens is 1. The van der Waals surface area contributed by atoms with E-state index in [0.29, 0.717) is 13.0 Å². The number of amides is 1. The summed E-state index contributed by atoms with van der Waals surface area (Å²) < 4.78 is 27.7. The van der Waals surface area contributed by atoms with Crippen LogP contribution in [0.4, 0.5) is 0 Å². The number of carbonyl (C=O) groups excluding carboxylic acids is 2. The van der Waals surface area contributed by atoms with Crippen molar-refractivity contribution in [1.82, 2.24) is 10.3 Å². The van der Waals surface area contributed by atoms with E-state index >= 15 is 0 Å². The lowest BCUT2D eigenvalue weighted by Crippen LogP contribution is -2.37. The number of para-hydroxylation sites is 1. The minimum atomic E-state index is -3.73. The van der Waals surface area contributed by atoms with Crippen molar-refractivity contribution in [3.63, 3.8) is 0 Å². The molecule has 0 aliphatic carbocycles. The predicted octanol–water partition coefficient (Wildman–Crippen LogP) is 1.72. The number of fused-ring (bicyclic) bond motifs is 1. The van der Waals surface area contributed by atoms with Gasteiger partial charge in [-0.2, -0.15) is 0 Å². The van der Waals surface area contributed by atoms with Crippen LogP contribution in [0, 0.1) is 0 Å². The molecule has 0 bridgehead atoms. The summed E-state index contributed by atoms with van der Waals surface area (Å²) >= 11 is 0. The number of ether oxygens (including phenoxy) is 1. The molecular weight excluding hydrogens is 394 g/mol. The maximum atomic E-state index is 12.2. The second kappa shape index (κ2) is 8.46. The summed E-state index contributed by atoms with van der Waals surface area (Å²) in [6, 6.07) is 15.2. The number of sulfonamides is 1. The Bertz CT molecular complexity index is 1100. The third kappa shape index (κ3) is 5.21. The zero-order valence-electron chi connectivity index (χ0n) is 15.7. The van der Waals surface area contributed by atoms with E-state index in [4.69, 9.17) is 9.88 Å². The van der Waals surface area contributed by atoms with Crippen molar-refractivity contribution in [2.75, 3.05) is 6.54 Å². The topological polar surface area (TPSA) is 131 Å². The highest BCUT2D eigenvalue weighted by atomic mass is 32.2. The van der Waals surface area contributed by atoms with Gasteiger partial charge in [0, 0.05) is 17.4 Å². The molecule has 9 heteroatoms. The standard InChI is InChI=1S/C20H21N3O5S/c1-13(28-20(25)18-12-15-4-2-3-5-17(15)23-18)19(24)22-11-10-14-6-8-16(9-7-14)29(21,26)27/h2-9,12-13,23H,10-11H2,1H3,(H,22,24)(H2,21,26,27)/t13-/m0/s1. The molecule has 2 aromatic carbocycles. The van der Waals surface area contributed by atoms with Gasteiger partial charge in [0.2, 0.25) is 10.0 Å². The number of hydrogen-bond donors (Lipinski definition) is 3. The zero-order chi connectivity index (χ0) is 21.0. The van der Waals surface area contributed by atoms with Crippen LogP contribution in [0.15, 0.2) is 59.5 Å². The van der Waals surface area contributed by atoms with E-state index in [1.165, 1.54) is 19.1 Å². The average molecular weight is 415 g/mol. The summed E-state index contributed by atoms with van der Waals surface area (Å²) in [6.45, 7) is 1.80. The van der Waals surface area contributed by atoms with Crippen molar-refractivity contribution in [2.24, 2.45) is 5.14 Å². The Labute approximate surface area is 168 Å². The Morgan fingerprint density at radius 1 is 1.14 bits per heavy atom. The molecule has 3 rings (SSSR count). The number of carbonyl (C=O) groups is 2. The van der Waals surface area contributed by atoms with Crippen LogP contribution in [0.25, 0.3) is 10.9 Å². The number of aromatic nitrogens is 1. The molecule has 0 aliphatic heterocycles. The smallest absolute Gasteiger partial charge is 0.355 e. The second-order valence-electron chi connectivity index (χ2n) is 6.55. The monoisotopic (exact) mass is 415 g/mol. The summed E-state index contributed by atoms with van der Waals surface area (Å²) in [5, 5.41) is 8.62. The highest BCUT2D eigenvalue weighted by Gasteiger charge is 2.20. The van der Waals surface area contributed by atoms with Crippen molar-refractivity contribution in [3.05, 3.63) is 65.9 Å². The van der Waals surface area contributed by atoms with Crippen LogP contribution in [-0.2, 0) is 26.0 Å². The molecule has 1 heterocycles. The minimum Gasteiger partial charge on any atom is -0.448 e. The van der Waals surface area contributed by atoms with Gasteiger partial charge in [0.15, 0.2) is 6.10 Å². The molecule has 29 heavy (non-hydrogen) atoms. The SMILES string of the molecule is C[C@H](OC(=O)c1cc2ccccc2[nH]1)C(=O)NCCc1ccc(S(N)(=O)=O)cc1. The van der Waals surface area contributed by atoms with E-state index in [-0.39, 0.29) is 10.6 Å². The van der Waals surface area contributed by atoms with Gasteiger partial charge in [0.25, 0.3) is 5.91 Å². The Morgan fingerprint density at radius 2 is 1.83 bits per heavy atom. The van der Waals surface area contributed by atoms with E-state index in [1.54, 1.807) is 18.2 Å². The first-order valence-corrected chi connectivity index (χ1v) is 10.5. The highest BCUT2D eigenvalue weighted by Crippen LogP contribution is 2.15. The van der Waals surface area contributed by atoms with Crippen LogP contribution in [0.5, 0.6) is 0 Å². The first-order chi connectivity index (χ1) is 13.7. The van der Waals surface area contributed by atoms with Gasteiger partial charge in [0.05, 0.1) is 4.90 Å². The molecule has 1 atom stereocenters. The van der Waals surface area contributed by atoms with E-state index in [2.05, 4.69) is 10.3 Å². The molecule has 8 nitrogen and oxygen atoms in total. The molecule has 152 valence electrons. The van der Waals surface area contributed by atoms with Crippen LogP contribution in [0.3, 0.4) is 0 Å². The van der Waals surface area contributed by atoms with Gasteiger partial charge >= 0.3 is 5.97 Å². The molecule has 0 unspecified atom stereocenters. The van der Waals surface area contributed by atoms with Gasteiger partial charge in [-0.1, -0.05) is 30.3 Å². The summed E-state index contributed by atoms with van der Waals surface area (Å²) in [7, 11) is -3.73. The van der Waals surface area contributed by atoms with Gasteiger partial charge in [0.1, 0.15) is 5.69 Å². The minimum absolute atomic E-state index is 0.0304. The number of aromatic amines is 1. The van der Waals surface area contributed by atoms with Crippen molar-refractivity contribution in [1.29, 1.82) is 0 Å². The number of nitrogens with one attached hydrogen (secondary N) is 2. The number of esters is 1.